The lowest BCUT2D eigenvalue weighted by molar-refractivity contribution is -0.142. The number of nitrogens with one attached hydrogen (secondary N) is 4. The number of amides is 4. The predicted molar refractivity (Wildman–Crippen MR) is 183 cm³/mol. The third-order valence-electron chi connectivity index (χ3n) is 10.4. The first-order chi connectivity index (χ1) is 24.2. The number of hydrogen-bond acceptors (Lipinski definition) is 10. The van der Waals surface area contributed by atoms with Gasteiger partial charge in [-0.2, -0.15) is 0 Å². The second-order valence-corrected chi connectivity index (χ2v) is 16.1. The van der Waals surface area contributed by atoms with Gasteiger partial charge >= 0.3 is 11.7 Å². The maximum atomic E-state index is 14.4. The van der Waals surface area contributed by atoms with Gasteiger partial charge in [0.2, 0.25) is 21.8 Å². The van der Waals surface area contributed by atoms with E-state index in [-0.39, 0.29) is 31.2 Å². The average Bonchev–Trinajstić information content (AvgIpc) is 4.01. The second kappa shape index (κ2) is 14.2. The van der Waals surface area contributed by atoms with Crippen LogP contribution in [0.4, 0.5) is 4.79 Å². The molecule has 1 aromatic carbocycles. The molecule has 3 fully saturated rings. The Morgan fingerprint density at radius 2 is 1.92 bits per heavy atom. The molecule has 2 aliphatic carbocycles. The van der Waals surface area contributed by atoms with Crippen molar-refractivity contribution >= 4 is 44.9 Å². The predicted octanol–water partition coefficient (Wildman–Crippen LogP) is 1.80. The minimum Gasteiger partial charge on any atom is -0.497 e. The van der Waals surface area contributed by atoms with E-state index in [1.807, 2.05) is 26.0 Å². The van der Waals surface area contributed by atoms with Gasteiger partial charge in [-0.1, -0.05) is 32.4 Å². The molecule has 0 spiro atoms. The number of fused-ring (bicyclic) bond motifs is 3. The zero-order chi connectivity index (χ0) is 36.7. The van der Waals surface area contributed by atoms with Crippen LogP contribution in [0.5, 0.6) is 11.6 Å². The SMILES string of the molecule is CC[C@@H]1C[C@H](C)CC/C=C\C2C[C@@]2(C(=O)NS(=O)(=O)C2CC2)NC(=O)[C@@H]2C[C@@H](Oc3nc4cc(OC)ccc4[nH]c3=O)CN2C(=O)[C@H]1NC(=O)O. The number of methoxy groups -OCH3 is 1. The van der Waals surface area contributed by atoms with E-state index in [0.29, 0.717) is 48.9 Å². The number of sulfonamides is 1. The molecule has 1 aromatic heterocycles. The number of aromatic amines is 1. The number of benzene rings is 1. The molecule has 17 heteroatoms. The Bertz CT molecular complexity index is 1910. The molecule has 4 aliphatic rings. The highest BCUT2D eigenvalue weighted by Crippen LogP contribution is 2.46. The smallest absolute Gasteiger partial charge is 0.405 e. The maximum Gasteiger partial charge on any atom is 0.405 e. The maximum absolute atomic E-state index is 14.4. The highest BCUT2D eigenvalue weighted by Gasteiger charge is 2.62. The molecule has 4 amide bonds. The van der Waals surface area contributed by atoms with Crippen molar-refractivity contribution in [3.8, 4) is 11.6 Å². The van der Waals surface area contributed by atoms with E-state index in [2.05, 4.69) is 25.3 Å². The van der Waals surface area contributed by atoms with Gasteiger partial charge in [-0.3, -0.25) is 23.9 Å². The third-order valence-corrected chi connectivity index (χ3v) is 12.2. The zero-order valence-electron chi connectivity index (χ0n) is 28.7. The third kappa shape index (κ3) is 7.67. The van der Waals surface area contributed by atoms with Crippen molar-refractivity contribution in [2.75, 3.05) is 13.7 Å². The number of rotatable bonds is 8. The van der Waals surface area contributed by atoms with E-state index in [1.54, 1.807) is 18.2 Å². The lowest BCUT2D eigenvalue weighted by Crippen LogP contribution is -2.59. The number of carboxylic acid groups (broad SMARTS) is 1. The van der Waals surface area contributed by atoms with Crippen molar-refractivity contribution < 1.29 is 42.2 Å². The van der Waals surface area contributed by atoms with Crippen LogP contribution in [0.15, 0.2) is 35.1 Å². The van der Waals surface area contributed by atoms with Gasteiger partial charge in [-0.25, -0.2) is 18.2 Å². The highest BCUT2D eigenvalue weighted by atomic mass is 32.2. The Morgan fingerprint density at radius 1 is 1.16 bits per heavy atom. The average molecular weight is 729 g/mol. The van der Waals surface area contributed by atoms with Gasteiger partial charge in [0.25, 0.3) is 11.8 Å². The van der Waals surface area contributed by atoms with Crippen molar-refractivity contribution in [1.82, 2.24) is 30.2 Å². The number of nitrogens with zero attached hydrogens (tertiary/aromatic N) is 2. The molecule has 5 N–H and O–H groups in total. The van der Waals surface area contributed by atoms with Gasteiger partial charge < -0.3 is 35.1 Å². The molecule has 2 saturated carbocycles. The fraction of sp³-hybridized carbons (Fsp3) is 0.588. The van der Waals surface area contributed by atoms with Crippen molar-refractivity contribution in [2.24, 2.45) is 17.8 Å². The van der Waals surface area contributed by atoms with E-state index in [0.717, 1.165) is 6.42 Å². The Kier molecular flexibility index (Phi) is 10.0. The summed E-state index contributed by atoms with van der Waals surface area (Å²) in [6.45, 7) is 3.69. The van der Waals surface area contributed by atoms with E-state index >= 15 is 0 Å². The fourth-order valence-electron chi connectivity index (χ4n) is 7.26. The van der Waals surface area contributed by atoms with Crippen LogP contribution < -0.4 is 30.4 Å². The molecule has 2 aromatic rings. The van der Waals surface area contributed by atoms with Crippen LogP contribution in [0, 0.1) is 17.8 Å². The first-order valence-corrected chi connectivity index (χ1v) is 18.9. The number of hydrogen-bond donors (Lipinski definition) is 5. The van der Waals surface area contributed by atoms with Crippen LogP contribution in [0.2, 0.25) is 0 Å². The Hall–Kier alpha value is -4.67. The molecule has 1 saturated heterocycles. The van der Waals surface area contributed by atoms with Gasteiger partial charge in [0.15, 0.2) is 0 Å². The van der Waals surface area contributed by atoms with Gasteiger partial charge in [0, 0.05) is 18.4 Å². The molecule has 6 rings (SSSR count). The van der Waals surface area contributed by atoms with Gasteiger partial charge in [0.05, 0.1) is 29.9 Å². The Morgan fingerprint density at radius 3 is 2.61 bits per heavy atom. The number of allylic oxidation sites excluding steroid dienone is 1. The minimum absolute atomic E-state index is 0.0982. The number of aromatic nitrogens is 2. The first-order valence-electron chi connectivity index (χ1n) is 17.3. The summed E-state index contributed by atoms with van der Waals surface area (Å²) in [5.41, 5.74) is -1.41. The molecule has 0 radical (unpaired) electrons. The lowest BCUT2D eigenvalue weighted by atomic mass is 9.85. The molecular formula is C34H44N6O10S. The van der Waals surface area contributed by atoms with E-state index < -0.39 is 80.2 Å². The molecule has 51 heavy (non-hydrogen) atoms. The summed E-state index contributed by atoms with van der Waals surface area (Å²) >= 11 is 0. The summed E-state index contributed by atoms with van der Waals surface area (Å²) in [4.78, 5) is 75.6. The van der Waals surface area contributed by atoms with Gasteiger partial charge in [-0.05, 0) is 62.5 Å². The number of carbonyl (C=O) groups excluding carboxylic acids is 3. The van der Waals surface area contributed by atoms with Crippen LogP contribution in [0.3, 0.4) is 0 Å². The highest BCUT2D eigenvalue weighted by molar-refractivity contribution is 7.91. The molecule has 7 atom stereocenters. The largest absolute Gasteiger partial charge is 0.497 e. The Labute approximate surface area is 294 Å². The number of H-pyrrole nitrogens is 1. The van der Waals surface area contributed by atoms with Crippen molar-refractivity contribution in [3.05, 3.63) is 40.7 Å². The molecule has 3 heterocycles. The molecule has 2 aliphatic heterocycles. The standard InChI is InChI=1S/C34H44N6O10S/c1-4-19-13-18(2)7-5-6-8-20-16-34(20,32(44)39-51(47,48)23-10-11-23)38-28(41)26-15-22(17-40(26)31(43)27(19)37-33(45)46)50-30-29(42)35-24-12-9-21(49-3)14-25(24)36-30/h6,8-9,12,14,18-20,22-23,26-27,37H,4-5,7,10-11,13,15-17H2,1-3H3,(H,35,42)(H,38,41)(H,39,44)(H,45,46)/b8-6-/t18-,19-,20?,22-,26+,27+,34-/m1/s1. The van der Waals surface area contributed by atoms with Crippen LogP contribution in [-0.4, -0.2) is 94.8 Å². The monoisotopic (exact) mass is 728 g/mol. The molecule has 276 valence electrons. The van der Waals surface area contributed by atoms with E-state index in [4.69, 9.17) is 9.47 Å². The topological polar surface area (TPSA) is 226 Å². The van der Waals surface area contributed by atoms with Crippen LogP contribution >= 0.6 is 0 Å². The zero-order valence-corrected chi connectivity index (χ0v) is 29.5. The Balaban J connectivity index is 1.35. The number of carbonyl (C=O) groups is 4. The summed E-state index contributed by atoms with van der Waals surface area (Å²) < 4.78 is 39.0. The van der Waals surface area contributed by atoms with Gasteiger partial charge in [0.1, 0.15) is 29.5 Å². The number of ether oxygens (including phenoxy) is 2. The first kappa shape index (κ1) is 36.1. The van der Waals surface area contributed by atoms with Crippen LogP contribution in [0.25, 0.3) is 11.0 Å². The fourth-order valence-corrected chi connectivity index (χ4v) is 8.62. The second-order valence-electron chi connectivity index (χ2n) is 14.1. The van der Waals surface area contributed by atoms with E-state index in [9.17, 15) is 37.5 Å². The quantitative estimate of drug-likeness (QED) is 0.246. The summed E-state index contributed by atoms with van der Waals surface area (Å²) in [5.74, 6) is -2.84. The lowest BCUT2D eigenvalue weighted by Gasteiger charge is -2.33. The normalized spacial score (nSPS) is 30.5. The summed E-state index contributed by atoms with van der Waals surface area (Å²) in [6.07, 6.45) is 4.66. The van der Waals surface area contributed by atoms with Crippen LogP contribution in [-0.2, 0) is 24.4 Å². The summed E-state index contributed by atoms with van der Waals surface area (Å²) in [7, 11) is -2.44. The van der Waals surface area contributed by atoms with Crippen molar-refractivity contribution in [2.45, 2.75) is 94.2 Å². The summed E-state index contributed by atoms with van der Waals surface area (Å²) in [6, 6.07) is 2.44. The summed E-state index contributed by atoms with van der Waals surface area (Å²) in [5, 5.41) is 14.3. The molecule has 16 nitrogen and oxygen atoms in total. The minimum atomic E-state index is -3.93. The molecule has 0 bridgehead atoms. The van der Waals surface area contributed by atoms with Crippen LogP contribution in [0.1, 0.15) is 65.2 Å². The van der Waals surface area contributed by atoms with E-state index in [1.165, 1.54) is 12.0 Å². The van der Waals surface area contributed by atoms with Crippen molar-refractivity contribution in [1.29, 1.82) is 0 Å². The van der Waals surface area contributed by atoms with Crippen molar-refractivity contribution in [3.63, 3.8) is 0 Å². The molecular weight excluding hydrogens is 684 g/mol. The van der Waals surface area contributed by atoms with Gasteiger partial charge in [-0.15, -0.1) is 0 Å². The molecule has 1 unspecified atom stereocenters.